The lowest BCUT2D eigenvalue weighted by Gasteiger charge is -2.16. The fourth-order valence-electron chi connectivity index (χ4n) is 2.18. The van der Waals surface area contributed by atoms with Crippen molar-refractivity contribution >= 4 is 0 Å². The van der Waals surface area contributed by atoms with Crippen molar-refractivity contribution in [1.29, 1.82) is 0 Å². The van der Waals surface area contributed by atoms with Crippen LogP contribution in [0.15, 0.2) is 42.5 Å². The number of aryl methyl sites for hydroxylation is 2. The Bertz CT molecular complexity index is 561. The summed E-state index contributed by atoms with van der Waals surface area (Å²) in [6, 6.07) is 13.8. The minimum Gasteiger partial charge on any atom is -0.494 e. The number of hydrogen-bond donors (Lipinski definition) is 1. The molecule has 0 aliphatic carbocycles. The fourth-order valence-corrected chi connectivity index (χ4v) is 2.18. The van der Waals surface area contributed by atoms with Gasteiger partial charge in [-0.2, -0.15) is 0 Å². The molecule has 0 aliphatic heterocycles. The van der Waals surface area contributed by atoms with Crippen LogP contribution in [0, 0.1) is 13.8 Å². The molecule has 0 saturated heterocycles. The summed E-state index contributed by atoms with van der Waals surface area (Å²) in [5.41, 5.74) is 4.06. The standard InChI is InChI=1S/C17H20O2/c1-4-19-15-7-5-6-14(11-15)17(18)16-10-12(2)8-9-13(16)3/h5-11,17-18H,4H2,1-3H3. The summed E-state index contributed by atoms with van der Waals surface area (Å²) in [5.74, 6) is 0.796. The summed E-state index contributed by atoms with van der Waals surface area (Å²) in [4.78, 5) is 0. The number of ether oxygens (including phenoxy) is 1. The Labute approximate surface area is 114 Å². The van der Waals surface area contributed by atoms with E-state index in [4.69, 9.17) is 4.74 Å². The zero-order valence-corrected chi connectivity index (χ0v) is 11.7. The van der Waals surface area contributed by atoms with E-state index in [1.807, 2.05) is 57.2 Å². The molecule has 2 nitrogen and oxygen atoms in total. The first-order chi connectivity index (χ1) is 9.11. The van der Waals surface area contributed by atoms with E-state index in [-0.39, 0.29) is 0 Å². The first kappa shape index (κ1) is 13.6. The van der Waals surface area contributed by atoms with Crippen LogP contribution in [-0.4, -0.2) is 11.7 Å². The molecule has 1 atom stereocenters. The summed E-state index contributed by atoms with van der Waals surface area (Å²) in [7, 11) is 0. The molecule has 0 amide bonds. The third kappa shape index (κ3) is 3.15. The predicted molar refractivity (Wildman–Crippen MR) is 77.6 cm³/mol. The lowest BCUT2D eigenvalue weighted by Crippen LogP contribution is -2.03. The Morgan fingerprint density at radius 2 is 1.89 bits per heavy atom. The van der Waals surface area contributed by atoms with Crippen molar-refractivity contribution in [2.24, 2.45) is 0 Å². The van der Waals surface area contributed by atoms with Gasteiger partial charge in [0.15, 0.2) is 0 Å². The van der Waals surface area contributed by atoms with Gasteiger partial charge in [0.25, 0.3) is 0 Å². The third-order valence-corrected chi connectivity index (χ3v) is 3.21. The van der Waals surface area contributed by atoms with E-state index in [1.165, 1.54) is 0 Å². The zero-order chi connectivity index (χ0) is 13.8. The van der Waals surface area contributed by atoms with Crippen LogP contribution in [0.25, 0.3) is 0 Å². The van der Waals surface area contributed by atoms with Crippen LogP contribution in [0.1, 0.15) is 35.3 Å². The van der Waals surface area contributed by atoms with Crippen LogP contribution in [0.5, 0.6) is 5.75 Å². The summed E-state index contributed by atoms with van der Waals surface area (Å²) in [5, 5.41) is 10.5. The van der Waals surface area contributed by atoms with Gasteiger partial charge in [0.2, 0.25) is 0 Å². The molecule has 1 unspecified atom stereocenters. The van der Waals surface area contributed by atoms with Crippen LogP contribution in [-0.2, 0) is 0 Å². The molecule has 0 saturated carbocycles. The maximum absolute atomic E-state index is 10.5. The van der Waals surface area contributed by atoms with Crippen LogP contribution in [0.4, 0.5) is 0 Å². The van der Waals surface area contributed by atoms with Gasteiger partial charge >= 0.3 is 0 Å². The summed E-state index contributed by atoms with van der Waals surface area (Å²) in [6.45, 7) is 6.63. The zero-order valence-electron chi connectivity index (χ0n) is 11.7. The summed E-state index contributed by atoms with van der Waals surface area (Å²) >= 11 is 0. The highest BCUT2D eigenvalue weighted by atomic mass is 16.5. The first-order valence-electron chi connectivity index (χ1n) is 6.59. The van der Waals surface area contributed by atoms with Crippen molar-refractivity contribution in [3.8, 4) is 5.75 Å². The molecular formula is C17H20O2. The molecule has 2 aromatic carbocycles. The molecule has 0 aromatic heterocycles. The Kier molecular flexibility index (Phi) is 4.23. The second-order valence-electron chi connectivity index (χ2n) is 4.77. The number of aliphatic hydroxyl groups is 1. The molecule has 0 heterocycles. The average molecular weight is 256 g/mol. The van der Waals surface area contributed by atoms with Gasteiger partial charge in [-0.15, -0.1) is 0 Å². The van der Waals surface area contributed by atoms with Crippen molar-refractivity contribution < 1.29 is 9.84 Å². The highest BCUT2D eigenvalue weighted by molar-refractivity contribution is 5.40. The van der Waals surface area contributed by atoms with Crippen molar-refractivity contribution in [3.63, 3.8) is 0 Å². The number of benzene rings is 2. The second-order valence-corrected chi connectivity index (χ2v) is 4.77. The largest absolute Gasteiger partial charge is 0.494 e. The maximum Gasteiger partial charge on any atom is 0.119 e. The number of hydrogen-bond acceptors (Lipinski definition) is 2. The fraction of sp³-hybridized carbons (Fsp3) is 0.294. The van der Waals surface area contributed by atoms with E-state index >= 15 is 0 Å². The molecule has 1 N–H and O–H groups in total. The minimum absolute atomic E-state index is 0.611. The van der Waals surface area contributed by atoms with Crippen molar-refractivity contribution in [2.75, 3.05) is 6.61 Å². The highest BCUT2D eigenvalue weighted by Gasteiger charge is 2.13. The van der Waals surface area contributed by atoms with Gasteiger partial charge < -0.3 is 9.84 Å². The van der Waals surface area contributed by atoms with Gasteiger partial charge in [-0.3, -0.25) is 0 Å². The van der Waals surface area contributed by atoms with Gasteiger partial charge in [0, 0.05) is 0 Å². The Morgan fingerprint density at radius 3 is 2.63 bits per heavy atom. The van der Waals surface area contributed by atoms with E-state index in [0.29, 0.717) is 6.61 Å². The Balaban J connectivity index is 2.35. The summed E-state index contributed by atoms with van der Waals surface area (Å²) < 4.78 is 5.48. The quantitative estimate of drug-likeness (QED) is 0.902. The number of aliphatic hydroxyl groups excluding tert-OH is 1. The van der Waals surface area contributed by atoms with E-state index in [9.17, 15) is 5.11 Å². The predicted octanol–water partition coefficient (Wildman–Crippen LogP) is 3.78. The Hall–Kier alpha value is -1.80. The third-order valence-electron chi connectivity index (χ3n) is 3.21. The molecule has 0 spiro atoms. The van der Waals surface area contributed by atoms with Gasteiger partial charge in [-0.05, 0) is 49.6 Å². The smallest absolute Gasteiger partial charge is 0.119 e. The van der Waals surface area contributed by atoms with E-state index in [0.717, 1.165) is 28.0 Å². The van der Waals surface area contributed by atoms with Gasteiger partial charge in [-0.25, -0.2) is 0 Å². The SMILES string of the molecule is CCOc1cccc(C(O)c2cc(C)ccc2C)c1. The molecule has 100 valence electrons. The van der Waals surface area contributed by atoms with Crippen LogP contribution < -0.4 is 4.74 Å². The molecule has 0 bridgehead atoms. The lowest BCUT2D eigenvalue weighted by atomic mass is 9.96. The molecule has 0 aliphatic rings. The van der Waals surface area contributed by atoms with E-state index < -0.39 is 6.10 Å². The van der Waals surface area contributed by atoms with Gasteiger partial charge in [-0.1, -0.05) is 35.9 Å². The monoisotopic (exact) mass is 256 g/mol. The average Bonchev–Trinajstić information content (AvgIpc) is 2.41. The molecule has 2 rings (SSSR count). The van der Waals surface area contributed by atoms with Crippen molar-refractivity contribution in [3.05, 3.63) is 64.7 Å². The molecule has 0 radical (unpaired) electrons. The van der Waals surface area contributed by atoms with Crippen LogP contribution >= 0.6 is 0 Å². The van der Waals surface area contributed by atoms with Crippen LogP contribution in [0.2, 0.25) is 0 Å². The van der Waals surface area contributed by atoms with E-state index in [2.05, 4.69) is 6.07 Å². The van der Waals surface area contributed by atoms with Crippen LogP contribution in [0.3, 0.4) is 0 Å². The van der Waals surface area contributed by atoms with Gasteiger partial charge in [0.05, 0.1) is 6.61 Å². The Morgan fingerprint density at radius 1 is 1.11 bits per heavy atom. The minimum atomic E-state index is -0.611. The first-order valence-corrected chi connectivity index (χ1v) is 6.59. The van der Waals surface area contributed by atoms with Crippen molar-refractivity contribution in [2.45, 2.75) is 26.9 Å². The molecule has 2 aromatic rings. The molecule has 0 fully saturated rings. The summed E-state index contributed by atoms with van der Waals surface area (Å²) in [6.07, 6.45) is -0.611. The normalized spacial score (nSPS) is 12.2. The van der Waals surface area contributed by atoms with E-state index in [1.54, 1.807) is 0 Å². The lowest BCUT2D eigenvalue weighted by molar-refractivity contribution is 0.218. The van der Waals surface area contributed by atoms with Crippen molar-refractivity contribution in [1.82, 2.24) is 0 Å². The second kappa shape index (κ2) is 5.89. The molecular weight excluding hydrogens is 236 g/mol. The topological polar surface area (TPSA) is 29.5 Å². The highest BCUT2D eigenvalue weighted by Crippen LogP contribution is 2.27. The molecule has 2 heteroatoms. The number of rotatable bonds is 4. The molecule has 19 heavy (non-hydrogen) atoms. The van der Waals surface area contributed by atoms with Gasteiger partial charge in [0.1, 0.15) is 11.9 Å². The maximum atomic E-state index is 10.5.